The molecule has 1 aliphatic heterocycles. The van der Waals surface area contributed by atoms with Gasteiger partial charge in [0.1, 0.15) is 0 Å². The van der Waals surface area contributed by atoms with Crippen molar-refractivity contribution in [1.29, 1.82) is 0 Å². The summed E-state index contributed by atoms with van der Waals surface area (Å²) in [7, 11) is 0. The molecule has 0 aliphatic carbocycles. The van der Waals surface area contributed by atoms with Crippen LogP contribution in [0.1, 0.15) is 25.8 Å². The Bertz CT molecular complexity index is 564. The number of anilines is 1. The summed E-state index contributed by atoms with van der Waals surface area (Å²) in [4.78, 5) is 24.7. The molecule has 2 atom stereocenters. The van der Waals surface area contributed by atoms with E-state index in [0.29, 0.717) is 24.1 Å². The Morgan fingerprint density at radius 2 is 2.00 bits per heavy atom. The second kappa shape index (κ2) is 6.87. The van der Waals surface area contributed by atoms with E-state index in [-0.39, 0.29) is 11.6 Å². The van der Waals surface area contributed by atoms with Gasteiger partial charge in [-0.05, 0) is 30.7 Å². The number of piperidine rings is 1. The quantitative estimate of drug-likeness (QED) is 0.685. The molecule has 120 valence electrons. The molecule has 0 saturated carbocycles. The number of aryl methyl sites for hydroxylation is 1. The third-order valence-corrected chi connectivity index (χ3v) is 4.02. The van der Waals surface area contributed by atoms with E-state index in [1.165, 1.54) is 18.6 Å². The van der Waals surface area contributed by atoms with E-state index in [0.717, 1.165) is 18.7 Å². The van der Waals surface area contributed by atoms with Crippen LogP contribution in [-0.2, 0) is 4.79 Å². The Morgan fingerprint density at radius 3 is 2.59 bits per heavy atom. The number of likely N-dealkylation sites (tertiary alicyclic amines) is 1. The first-order chi connectivity index (χ1) is 10.3. The van der Waals surface area contributed by atoms with Gasteiger partial charge in [-0.3, -0.25) is 19.8 Å². The first-order valence-electron chi connectivity index (χ1n) is 7.62. The molecule has 0 radical (unpaired) electrons. The van der Waals surface area contributed by atoms with Gasteiger partial charge in [-0.2, -0.15) is 0 Å². The number of carbonyl (C=O) groups is 1. The normalized spacial score (nSPS) is 22.3. The molecular formula is C16H23N3O3. The molecule has 1 aromatic rings. The molecule has 6 nitrogen and oxygen atoms in total. The van der Waals surface area contributed by atoms with Gasteiger partial charge in [0.15, 0.2) is 0 Å². The maximum Gasteiger partial charge on any atom is 0.271 e. The number of hydrogen-bond acceptors (Lipinski definition) is 4. The number of benzene rings is 1. The molecule has 2 rings (SSSR count). The molecular weight excluding hydrogens is 282 g/mol. The highest BCUT2D eigenvalue weighted by atomic mass is 16.6. The van der Waals surface area contributed by atoms with Crippen LogP contribution in [0.4, 0.5) is 11.4 Å². The van der Waals surface area contributed by atoms with Crippen molar-refractivity contribution in [3.8, 4) is 0 Å². The summed E-state index contributed by atoms with van der Waals surface area (Å²) in [5.74, 6) is 1.07. The summed E-state index contributed by atoms with van der Waals surface area (Å²) in [5, 5.41) is 13.6. The monoisotopic (exact) mass is 305 g/mol. The minimum absolute atomic E-state index is 0.0129. The topological polar surface area (TPSA) is 75.5 Å². The first kappa shape index (κ1) is 16.4. The highest BCUT2D eigenvalue weighted by Crippen LogP contribution is 2.23. The number of nitrogens with zero attached hydrogens (tertiary/aromatic N) is 2. The van der Waals surface area contributed by atoms with Crippen molar-refractivity contribution in [2.75, 3.05) is 25.0 Å². The van der Waals surface area contributed by atoms with Gasteiger partial charge in [-0.15, -0.1) is 0 Å². The van der Waals surface area contributed by atoms with Gasteiger partial charge in [0.25, 0.3) is 5.69 Å². The smallest absolute Gasteiger partial charge is 0.271 e. The Kier molecular flexibility index (Phi) is 5.13. The first-order valence-corrected chi connectivity index (χ1v) is 7.62. The van der Waals surface area contributed by atoms with Crippen molar-refractivity contribution >= 4 is 17.3 Å². The third-order valence-electron chi connectivity index (χ3n) is 4.02. The molecule has 1 aliphatic rings. The molecule has 22 heavy (non-hydrogen) atoms. The van der Waals surface area contributed by atoms with Crippen LogP contribution in [-0.4, -0.2) is 35.4 Å². The fourth-order valence-corrected chi connectivity index (χ4v) is 3.17. The largest absolute Gasteiger partial charge is 0.324 e. The molecule has 1 N–H and O–H groups in total. The number of hydrogen-bond donors (Lipinski definition) is 1. The minimum atomic E-state index is -0.455. The van der Waals surface area contributed by atoms with E-state index in [9.17, 15) is 14.9 Å². The summed E-state index contributed by atoms with van der Waals surface area (Å²) in [5.41, 5.74) is 1.32. The summed E-state index contributed by atoms with van der Waals surface area (Å²) >= 11 is 0. The number of nitro groups is 1. The van der Waals surface area contributed by atoms with E-state index < -0.39 is 4.92 Å². The Labute approximate surface area is 130 Å². The summed E-state index contributed by atoms with van der Waals surface area (Å²) in [6.45, 7) is 8.40. The van der Waals surface area contributed by atoms with Crippen molar-refractivity contribution in [2.45, 2.75) is 27.2 Å². The highest BCUT2D eigenvalue weighted by Gasteiger charge is 2.23. The minimum Gasteiger partial charge on any atom is -0.324 e. The molecule has 6 heteroatoms. The van der Waals surface area contributed by atoms with Gasteiger partial charge in [0.2, 0.25) is 5.91 Å². The number of amides is 1. The van der Waals surface area contributed by atoms with Gasteiger partial charge in [-0.25, -0.2) is 0 Å². The van der Waals surface area contributed by atoms with Gasteiger partial charge in [-0.1, -0.05) is 19.9 Å². The van der Waals surface area contributed by atoms with Crippen LogP contribution in [0, 0.1) is 28.9 Å². The third kappa shape index (κ3) is 4.27. The van der Waals surface area contributed by atoms with Gasteiger partial charge >= 0.3 is 0 Å². The van der Waals surface area contributed by atoms with Crippen molar-refractivity contribution in [1.82, 2.24) is 4.90 Å². The molecule has 1 fully saturated rings. The Balaban J connectivity index is 2.00. The second-order valence-corrected chi connectivity index (χ2v) is 6.44. The van der Waals surface area contributed by atoms with E-state index in [1.54, 1.807) is 6.07 Å². The van der Waals surface area contributed by atoms with Crippen LogP contribution in [0.2, 0.25) is 0 Å². The number of carbonyl (C=O) groups excluding carboxylic acids is 1. The summed E-state index contributed by atoms with van der Waals surface area (Å²) < 4.78 is 0. The molecule has 0 unspecified atom stereocenters. The molecule has 1 heterocycles. The zero-order valence-corrected chi connectivity index (χ0v) is 13.3. The lowest BCUT2D eigenvalue weighted by Crippen LogP contribution is -2.42. The predicted octanol–water partition coefficient (Wildman–Crippen LogP) is 2.82. The maximum absolute atomic E-state index is 12.2. The predicted molar refractivity (Wildman–Crippen MR) is 85.8 cm³/mol. The molecule has 1 saturated heterocycles. The van der Waals surface area contributed by atoms with Crippen LogP contribution < -0.4 is 5.32 Å². The van der Waals surface area contributed by atoms with Gasteiger partial charge in [0, 0.05) is 25.2 Å². The highest BCUT2D eigenvalue weighted by molar-refractivity contribution is 5.93. The van der Waals surface area contributed by atoms with E-state index in [2.05, 4.69) is 24.1 Å². The van der Waals surface area contributed by atoms with Crippen molar-refractivity contribution < 1.29 is 9.72 Å². The molecule has 1 aromatic carbocycles. The fourth-order valence-electron chi connectivity index (χ4n) is 3.17. The zero-order valence-electron chi connectivity index (χ0n) is 13.3. The number of non-ortho nitro benzene ring substituents is 1. The van der Waals surface area contributed by atoms with E-state index in [1.807, 2.05) is 6.92 Å². The molecule has 0 bridgehead atoms. The average molecular weight is 305 g/mol. The average Bonchev–Trinajstić information content (AvgIpc) is 2.39. The van der Waals surface area contributed by atoms with Crippen LogP contribution in [0.25, 0.3) is 0 Å². The summed E-state index contributed by atoms with van der Waals surface area (Å²) in [6.07, 6.45) is 1.20. The van der Waals surface area contributed by atoms with E-state index in [4.69, 9.17) is 0 Å². The zero-order chi connectivity index (χ0) is 16.3. The number of nitro benzene ring substituents is 1. The number of rotatable bonds is 4. The van der Waals surface area contributed by atoms with Crippen molar-refractivity contribution in [3.05, 3.63) is 33.9 Å². The van der Waals surface area contributed by atoms with Crippen LogP contribution in [0.15, 0.2) is 18.2 Å². The molecule has 0 aromatic heterocycles. The van der Waals surface area contributed by atoms with Gasteiger partial charge < -0.3 is 5.32 Å². The lowest BCUT2D eigenvalue weighted by Gasteiger charge is -2.34. The Hall–Kier alpha value is -1.95. The molecule has 1 amide bonds. The van der Waals surface area contributed by atoms with Crippen molar-refractivity contribution in [2.24, 2.45) is 11.8 Å². The fraction of sp³-hybridized carbons (Fsp3) is 0.562. The van der Waals surface area contributed by atoms with E-state index >= 15 is 0 Å². The Morgan fingerprint density at radius 1 is 1.36 bits per heavy atom. The maximum atomic E-state index is 12.2. The second-order valence-electron chi connectivity index (χ2n) is 6.44. The van der Waals surface area contributed by atoms with Crippen LogP contribution in [0.3, 0.4) is 0 Å². The van der Waals surface area contributed by atoms with Crippen molar-refractivity contribution in [3.63, 3.8) is 0 Å². The molecule has 0 spiro atoms. The summed E-state index contributed by atoms with van der Waals surface area (Å²) in [6, 6.07) is 4.51. The lowest BCUT2D eigenvalue weighted by atomic mass is 9.92. The van der Waals surface area contributed by atoms with Gasteiger partial charge in [0.05, 0.1) is 17.2 Å². The number of nitrogens with one attached hydrogen (secondary N) is 1. The van der Waals surface area contributed by atoms with Crippen LogP contribution in [0.5, 0.6) is 0 Å². The van der Waals surface area contributed by atoms with Crippen LogP contribution >= 0.6 is 0 Å². The standard InChI is InChI=1S/C16H23N3O3/c1-11-6-12(2)9-18(8-11)10-16(20)17-15-7-14(19(21)22)5-4-13(15)3/h4-5,7,11-12H,6,8-10H2,1-3H3,(H,17,20)/t11-,12+. The SMILES string of the molecule is Cc1ccc([N+](=O)[O-])cc1NC(=O)CN1C[C@H](C)C[C@H](C)C1. The lowest BCUT2D eigenvalue weighted by molar-refractivity contribution is -0.384.